The van der Waals surface area contributed by atoms with Crippen LogP contribution in [0, 0.1) is 0 Å². The van der Waals surface area contributed by atoms with Crippen LogP contribution < -0.4 is 5.56 Å². The lowest BCUT2D eigenvalue weighted by Crippen LogP contribution is -2.14. The molecule has 0 aliphatic rings. The van der Waals surface area contributed by atoms with Crippen LogP contribution in [0.3, 0.4) is 0 Å². The topological polar surface area (TPSA) is 89.9 Å². The summed E-state index contributed by atoms with van der Waals surface area (Å²) in [5.74, 6) is 0.192. The molecule has 0 aliphatic heterocycles. The van der Waals surface area contributed by atoms with Gasteiger partial charge in [0.15, 0.2) is 0 Å². The molecule has 1 aromatic carbocycles. The number of ether oxygens (including phenoxy) is 1. The van der Waals surface area contributed by atoms with Crippen LogP contribution in [0.25, 0.3) is 10.9 Å². The number of hydrogen-bond acceptors (Lipinski definition) is 5. The summed E-state index contributed by atoms with van der Waals surface area (Å²) >= 11 is 0. The highest BCUT2D eigenvalue weighted by atomic mass is 16.5. The number of esters is 1. The zero-order valence-electron chi connectivity index (χ0n) is 12.7. The van der Waals surface area contributed by atoms with Gasteiger partial charge in [-0.3, -0.25) is 9.48 Å². The average molecular weight is 312 g/mol. The van der Waals surface area contributed by atoms with Crippen molar-refractivity contribution in [2.75, 3.05) is 6.61 Å². The standard InChI is InChI=1S/C16H16N4O3/c1-2-23-16(22)11-9-17-20(10-11)8-7-14-18-13-6-4-3-5-12(13)15(21)19-14/h3-6,9-10H,2,7-8H2,1H3,(H,18,19,21). The molecule has 1 N–H and O–H groups in total. The van der Waals surface area contributed by atoms with E-state index in [2.05, 4.69) is 15.1 Å². The van der Waals surface area contributed by atoms with Crippen molar-refractivity contribution in [3.05, 3.63) is 58.4 Å². The quantitative estimate of drug-likeness (QED) is 0.722. The summed E-state index contributed by atoms with van der Waals surface area (Å²) < 4.78 is 6.54. The van der Waals surface area contributed by atoms with Crippen LogP contribution in [-0.4, -0.2) is 32.3 Å². The molecule has 0 unspecified atom stereocenters. The molecule has 0 atom stereocenters. The second kappa shape index (κ2) is 6.43. The average Bonchev–Trinajstić information content (AvgIpc) is 3.02. The molecule has 0 spiro atoms. The Morgan fingerprint density at radius 2 is 2.17 bits per heavy atom. The van der Waals surface area contributed by atoms with Crippen molar-refractivity contribution < 1.29 is 9.53 Å². The zero-order valence-corrected chi connectivity index (χ0v) is 12.7. The molecule has 3 aromatic rings. The van der Waals surface area contributed by atoms with Crippen LogP contribution >= 0.6 is 0 Å². The Bertz CT molecular complexity index is 897. The number of nitrogens with zero attached hydrogens (tertiary/aromatic N) is 3. The third kappa shape index (κ3) is 3.28. The first-order valence-corrected chi connectivity index (χ1v) is 7.35. The Hall–Kier alpha value is -2.96. The smallest absolute Gasteiger partial charge is 0.341 e. The van der Waals surface area contributed by atoms with Gasteiger partial charge in [0.1, 0.15) is 5.82 Å². The van der Waals surface area contributed by atoms with E-state index in [0.717, 1.165) is 0 Å². The third-order valence-corrected chi connectivity index (χ3v) is 3.38. The lowest BCUT2D eigenvalue weighted by atomic mass is 10.2. The highest BCUT2D eigenvalue weighted by Gasteiger charge is 2.09. The summed E-state index contributed by atoms with van der Waals surface area (Å²) in [5, 5.41) is 4.68. The van der Waals surface area contributed by atoms with Gasteiger partial charge in [-0.2, -0.15) is 5.10 Å². The van der Waals surface area contributed by atoms with Gasteiger partial charge in [0.2, 0.25) is 0 Å². The van der Waals surface area contributed by atoms with Crippen molar-refractivity contribution in [1.82, 2.24) is 19.7 Å². The number of fused-ring (bicyclic) bond motifs is 1. The lowest BCUT2D eigenvalue weighted by Gasteiger charge is -2.03. The molecule has 0 fully saturated rings. The molecule has 2 aromatic heterocycles. The minimum Gasteiger partial charge on any atom is -0.462 e. The maximum absolute atomic E-state index is 12.0. The summed E-state index contributed by atoms with van der Waals surface area (Å²) in [6.45, 7) is 2.58. The molecule has 0 amide bonds. The number of aromatic amines is 1. The lowest BCUT2D eigenvalue weighted by molar-refractivity contribution is 0.0526. The van der Waals surface area contributed by atoms with Gasteiger partial charge in [-0.1, -0.05) is 12.1 Å². The predicted octanol–water partition coefficient (Wildman–Crippen LogP) is 1.54. The summed E-state index contributed by atoms with van der Waals surface area (Å²) in [7, 11) is 0. The molecule has 0 radical (unpaired) electrons. The van der Waals surface area contributed by atoms with Crippen LogP contribution in [-0.2, 0) is 17.7 Å². The highest BCUT2D eigenvalue weighted by molar-refractivity contribution is 5.88. The number of para-hydroxylation sites is 1. The molecular formula is C16H16N4O3. The molecule has 3 rings (SSSR count). The molecule has 7 nitrogen and oxygen atoms in total. The molecular weight excluding hydrogens is 296 g/mol. The van der Waals surface area contributed by atoms with Crippen LogP contribution in [0.15, 0.2) is 41.5 Å². The summed E-state index contributed by atoms with van der Waals surface area (Å²) in [6, 6.07) is 7.20. The second-order valence-corrected chi connectivity index (χ2v) is 4.99. The Balaban J connectivity index is 1.74. The van der Waals surface area contributed by atoms with Crippen LogP contribution in [0.4, 0.5) is 0 Å². The van der Waals surface area contributed by atoms with Crippen LogP contribution in [0.1, 0.15) is 23.1 Å². The predicted molar refractivity (Wildman–Crippen MR) is 84.3 cm³/mol. The van der Waals surface area contributed by atoms with Gasteiger partial charge in [-0.05, 0) is 19.1 Å². The highest BCUT2D eigenvalue weighted by Crippen LogP contribution is 2.07. The fourth-order valence-corrected chi connectivity index (χ4v) is 2.28. The normalized spacial score (nSPS) is 10.8. The van der Waals surface area contributed by atoms with Crippen molar-refractivity contribution >= 4 is 16.9 Å². The van der Waals surface area contributed by atoms with Gasteiger partial charge in [0.25, 0.3) is 5.56 Å². The van der Waals surface area contributed by atoms with Crippen molar-refractivity contribution in [1.29, 1.82) is 0 Å². The van der Waals surface area contributed by atoms with Crippen LogP contribution in [0.5, 0.6) is 0 Å². The van der Waals surface area contributed by atoms with Gasteiger partial charge in [-0.15, -0.1) is 0 Å². The van der Waals surface area contributed by atoms with Gasteiger partial charge >= 0.3 is 5.97 Å². The minimum atomic E-state index is -0.393. The number of aryl methyl sites for hydroxylation is 2. The molecule has 0 saturated carbocycles. The molecule has 7 heteroatoms. The second-order valence-electron chi connectivity index (χ2n) is 4.99. The molecule has 0 aliphatic carbocycles. The maximum Gasteiger partial charge on any atom is 0.341 e. The first-order valence-electron chi connectivity index (χ1n) is 7.35. The minimum absolute atomic E-state index is 0.154. The van der Waals surface area contributed by atoms with Gasteiger partial charge in [0, 0.05) is 19.2 Å². The molecule has 0 bridgehead atoms. The Kier molecular flexibility index (Phi) is 4.18. The van der Waals surface area contributed by atoms with Crippen molar-refractivity contribution in [2.45, 2.75) is 19.9 Å². The Labute approximate surface area is 131 Å². The first-order chi connectivity index (χ1) is 11.2. The van der Waals surface area contributed by atoms with E-state index in [1.54, 1.807) is 36.0 Å². The molecule has 0 saturated heterocycles. The Morgan fingerprint density at radius 1 is 1.35 bits per heavy atom. The number of hydrogen-bond donors (Lipinski definition) is 1. The van der Waals surface area contributed by atoms with Crippen LogP contribution in [0.2, 0.25) is 0 Å². The molecule has 118 valence electrons. The van der Waals surface area contributed by atoms with Gasteiger partial charge in [0.05, 0.1) is 29.3 Å². The number of aromatic nitrogens is 4. The van der Waals surface area contributed by atoms with Crippen molar-refractivity contribution in [2.24, 2.45) is 0 Å². The number of carbonyl (C=O) groups excluding carboxylic acids is 1. The maximum atomic E-state index is 12.0. The van der Waals surface area contributed by atoms with E-state index >= 15 is 0 Å². The summed E-state index contributed by atoms with van der Waals surface area (Å²) in [4.78, 5) is 30.8. The van der Waals surface area contributed by atoms with E-state index in [0.29, 0.717) is 41.9 Å². The molecule has 2 heterocycles. The first kappa shape index (κ1) is 15.0. The van der Waals surface area contributed by atoms with E-state index in [-0.39, 0.29) is 5.56 Å². The van der Waals surface area contributed by atoms with E-state index in [4.69, 9.17) is 4.74 Å². The summed E-state index contributed by atoms with van der Waals surface area (Å²) in [6.07, 6.45) is 3.59. The number of benzene rings is 1. The van der Waals surface area contributed by atoms with Gasteiger partial charge in [-0.25, -0.2) is 9.78 Å². The number of nitrogens with one attached hydrogen (secondary N) is 1. The van der Waals surface area contributed by atoms with E-state index in [9.17, 15) is 9.59 Å². The monoisotopic (exact) mass is 312 g/mol. The number of carbonyl (C=O) groups is 1. The fourth-order valence-electron chi connectivity index (χ4n) is 2.28. The number of rotatable bonds is 5. The summed E-state index contributed by atoms with van der Waals surface area (Å²) in [5.41, 5.74) is 0.920. The SMILES string of the molecule is CCOC(=O)c1cnn(CCc2nc3ccccc3c(=O)[nH]2)c1. The van der Waals surface area contributed by atoms with Crippen molar-refractivity contribution in [3.8, 4) is 0 Å². The Morgan fingerprint density at radius 3 is 3.00 bits per heavy atom. The largest absolute Gasteiger partial charge is 0.462 e. The molecule has 23 heavy (non-hydrogen) atoms. The zero-order chi connectivity index (χ0) is 16.2. The fraction of sp³-hybridized carbons (Fsp3) is 0.250. The van der Waals surface area contributed by atoms with E-state index in [1.165, 1.54) is 6.20 Å². The van der Waals surface area contributed by atoms with Crippen molar-refractivity contribution in [3.63, 3.8) is 0 Å². The van der Waals surface area contributed by atoms with Gasteiger partial charge < -0.3 is 9.72 Å². The third-order valence-electron chi connectivity index (χ3n) is 3.38. The van der Waals surface area contributed by atoms with E-state index in [1.807, 2.05) is 6.07 Å². The van der Waals surface area contributed by atoms with E-state index < -0.39 is 5.97 Å². The number of H-pyrrole nitrogens is 1.